The Hall–Kier alpha value is -0.650. The van der Waals surface area contributed by atoms with E-state index in [4.69, 9.17) is 9.47 Å². The second kappa shape index (κ2) is 7.56. The zero-order chi connectivity index (χ0) is 15.3. The van der Waals surface area contributed by atoms with Crippen LogP contribution < -0.4 is 0 Å². The van der Waals surface area contributed by atoms with Crippen molar-refractivity contribution in [2.24, 2.45) is 5.92 Å². The molecular weight excluding hydrogens is 270 g/mol. The van der Waals surface area contributed by atoms with Gasteiger partial charge in [-0.1, -0.05) is 0 Å². The van der Waals surface area contributed by atoms with E-state index in [1.54, 1.807) is 7.11 Å². The van der Waals surface area contributed by atoms with Crippen LogP contribution >= 0.6 is 0 Å². The van der Waals surface area contributed by atoms with Gasteiger partial charge in [-0.25, -0.2) is 0 Å². The number of hydrogen-bond acceptors (Lipinski definition) is 5. The molecule has 5 heteroatoms. The Bertz CT molecular complexity index is 339. The fraction of sp³-hybridized carbons (Fsp3) is 0.938. The van der Waals surface area contributed by atoms with Crippen LogP contribution in [0.2, 0.25) is 0 Å². The molecule has 1 aliphatic carbocycles. The van der Waals surface area contributed by atoms with E-state index in [0.29, 0.717) is 32.1 Å². The predicted molar refractivity (Wildman–Crippen MR) is 80.0 cm³/mol. The number of nitrogens with zero attached hydrogens (tertiary/aromatic N) is 1. The van der Waals surface area contributed by atoms with Crippen molar-refractivity contribution in [3.05, 3.63) is 0 Å². The highest BCUT2D eigenvalue weighted by Gasteiger charge is 2.38. The van der Waals surface area contributed by atoms with E-state index in [-0.39, 0.29) is 11.9 Å². The molecule has 2 fully saturated rings. The fourth-order valence-corrected chi connectivity index (χ4v) is 3.57. The molecular formula is C16H29NO4. The number of ether oxygens (including phenoxy) is 2. The number of carbonyl (C=O) groups excluding carboxylic acids is 1. The molecule has 0 aromatic heterocycles. The zero-order valence-electron chi connectivity index (χ0n) is 13.3. The molecule has 0 spiro atoms. The van der Waals surface area contributed by atoms with Crippen molar-refractivity contribution >= 4 is 5.97 Å². The molecule has 0 amide bonds. The van der Waals surface area contributed by atoms with Crippen LogP contribution in [-0.4, -0.2) is 61.0 Å². The van der Waals surface area contributed by atoms with Crippen LogP contribution in [0.25, 0.3) is 0 Å². The summed E-state index contributed by atoms with van der Waals surface area (Å²) in [6.07, 6.45) is 5.36. The van der Waals surface area contributed by atoms with Crippen molar-refractivity contribution in [3.8, 4) is 0 Å². The predicted octanol–water partition coefficient (Wildman–Crippen LogP) is 1.58. The lowest BCUT2D eigenvalue weighted by Gasteiger charge is -2.41. The molecule has 1 saturated carbocycles. The molecule has 1 heterocycles. The van der Waals surface area contributed by atoms with Gasteiger partial charge in [0.1, 0.15) is 0 Å². The standard InChI is InChI=1S/C16H29NO4/c1-3-21-15(18)13-6-8-16(19,9-7-13)12-17-10-4-5-14(11-17)20-2/h13-14,19H,3-12H2,1-2H3. The van der Waals surface area contributed by atoms with Gasteiger partial charge in [0.15, 0.2) is 0 Å². The average molecular weight is 299 g/mol. The van der Waals surface area contributed by atoms with Crippen molar-refractivity contribution in [1.82, 2.24) is 4.90 Å². The van der Waals surface area contributed by atoms with E-state index in [1.165, 1.54) is 0 Å². The van der Waals surface area contributed by atoms with Crippen molar-refractivity contribution in [2.45, 2.75) is 57.2 Å². The highest BCUT2D eigenvalue weighted by molar-refractivity contribution is 5.72. The molecule has 122 valence electrons. The van der Waals surface area contributed by atoms with Crippen molar-refractivity contribution in [1.29, 1.82) is 0 Å². The summed E-state index contributed by atoms with van der Waals surface area (Å²) in [7, 11) is 1.76. The van der Waals surface area contributed by atoms with Gasteiger partial charge in [0, 0.05) is 20.2 Å². The van der Waals surface area contributed by atoms with E-state index in [0.717, 1.165) is 38.8 Å². The van der Waals surface area contributed by atoms with Crippen molar-refractivity contribution < 1.29 is 19.4 Å². The molecule has 2 aliphatic rings. The zero-order valence-corrected chi connectivity index (χ0v) is 13.3. The highest BCUT2D eigenvalue weighted by atomic mass is 16.5. The number of aliphatic hydroxyl groups is 1. The number of hydrogen-bond donors (Lipinski definition) is 1. The Kier molecular flexibility index (Phi) is 6.02. The number of esters is 1. The molecule has 2 rings (SSSR count). The van der Waals surface area contributed by atoms with E-state index in [9.17, 15) is 9.90 Å². The summed E-state index contributed by atoms with van der Waals surface area (Å²) in [5.74, 6) is -0.129. The molecule has 1 unspecified atom stereocenters. The Morgan fingerprint density at radius 3 is 2.67 bits per heavy atom. The summed E-state index contributed by atoms with van der Waals surface area (Å²) in [4.78, 5) is 14.1. The van der Waals surface area contributed by atoms with Crippen LogP contribution in [0.1, 0.15) is 45.4 Å². The molecule has 21 heavy (non-hydrogen) atoms. The van der Waals surface area contributed by atoms with Crippen LogP contribution in [0.4, 0.5) is 0 Å². The minimum Gasteiger partial charge on any atom is -0.466 e. The number of piperidine rings is 1. The molecule has 1 saturated heterocycles. The average Bonchev–Trinajstić information content (AvgIpc) is 2.48. The van der Waals surface area contributed by atoms with Gasteiger partial charge >= 0.3 is 5.97 Å². The second-order valence-corrected chi connectivity index (χ2v) is 6.49. The summed E-state index contributed by atoms with van der Waals surface area (Å²) in [6.45, 7) is 4.90. The number of β-amino-alcohol motifs (C(OH)–C–C–N with tert-alkyl or cyclic N) is 1. The molecule has 0 aromatic rings. The lowest BCUT2D eigenvalue weighted by molar-refractivity contribution is -0.151. The fourth-order valence-electron chi connectivity index (χ4n) is 3.57. The smallest absolute Gasteiger partial charge is 0.308 e. The molecule has 0 radical (unpaired) electrons. The normalized spacial score (nSPS) is 34.6. The van der Waals surface area contributed by atoms with Gasteiger partial charge < -0.3 is 14.6 Å². The molecule has 5 nitrogen and oxygen atoms in total. The van der Waals surface area contributed by atoms with Gasteiger partial charge in [0.25, 0.3) is 0 Å². The number of rotatable bonds is 5. The highest BCUT2D eigenvalue weighted by Crippen LogP contribution is 2.34. The quantitative estimate of drug-likeness (QED) is 0.781. The SMILES string of the molecule is CCOC(=O)C1CCC(O)(CN2CCCC(OC)C2)CC1. The third-order valence-corrected chi connectivity index (χ3v) is 4.85. The summed E-state index contributed by atoms with van der Waals surface area (Å²) in [6, 6.07) is 0. The third-order valence-electron chi connectivity index (χ3n) is 4.85. The summed E-state index contributed by atoms with van der Waals surface area (Å²) in [5.41, 5.74) is -0.654. The Labute approximate surface area is 127 Å². The van der Waals surface area contributed by atoms with Gasteiger partial charge in [-0.05, 0) is 52.0 Å². The topological polar surface area (TPSA) is 59.0 Å². The third kappa shape index (κ3) is 4.66. The summed E-state index contributed by atoms with van der Waals surface area (Å²) >= 11 is 0. The first-order valence-corrected chi connectivity index (χ1v) is 8.20. The lowest BCUT2D eigenvalue weighted by Crippen LogP contribution is -2.50. The van der Waals surface area contributed by atoms with Crippen LogP contribution in [0.3, 0.4) is 0 Å². The summed E-state index contributed by atoms with van der Waals surface area (Å²) < 4.78 is 10.5. The van der Waals surface area contributed by atoms with Gasteiger partial charge in [-0.2, -0.15) is 0 Å². The largest absolute Gasteiger partial charge is 0.466 e. The first-order chi connectivity index (χ1) is 10.1. The monoisotopic (exact) mass is 299 g/mol. The van der Waals surface area contributed by atoms with E-state index >= 15 is 0 Å². The first-order valence-electron chi connectivity index (χ1n) is 8.20. The van der Waals surface area contributed by atoms with Crippen LogP contribution in [0.5, 0.6) is 0 Å². The second-order valence-electron chi connectivity index (χ2n) is 6.49. The molecule has 1 N–H and O–H groups in total. The first kappa shape index (κ1) is 16.7. The van der Waals surface area contributed by atoms with E-state index < -0.39 is 5.60 Å². The van der Waals surface area contributed by atoms with Gasteiger partial charge in [-0.15, -0.1) is 0 Å². The lowest BCUT2D eigenvalue weighted by atomic mass is 9.78. The molecule has 1 aliphatic heterocycles. The maximum absolute atomic E-state index is 11.8. The van der Waals surface area contributed by atoms with Gasteiger partial charge in [0.2, 0.25) is 0 Å². The van der Waals surface area contributed by atoms with Gasteiger partial charge in [-0.3, -0.25) is 9.69 Å². The molecule has 0 bridgehead atoms. The van der Waals surface area contributed by atoms with Gasteiger partial charge in [0.05, 0.1) is 24.2 Å². The van der Waals surface area contributed by atoms with E-state index in [2.05, 4.69) is 4.90 Å². The van der Waals surface area contributed by atoms with E-state index in [1.807, 2.05) is 6.92 Å². The molecule has 0 aromatic carbocycles. The Morgan fingerprint density at radius 2 is 2.05 bits per heavy atom. The maximum Gasteiger partial charge on any atom is 0.308 e. The number of likely N-dealkylation sites (tertiary alicyclic amines) is 1. The minimum absolute atomic E-state index is 0.0293. The van der Waals surface area contributed by atoms with Crippen molar-refractivity contribution in [2.75, 3.05) is 33.4 Å². The number of carbonyl (C=O) groups is 1. The Balaban J connectivity index is 1.80. The minimum atomic E-state index is -0.654. The van der Waals surface area contributed by atoms with Crippen LogP contribution in [-0.2, 0) is 14.3 Å². The van der Waals surface area contributed by atoms with Crippen LogP contribution in [0, 0.1) is 5.92 Å². The van der Waals surface area contributed by atoms with Crippen molar-refractivity contribution in [3.63, 3.8) is 0 Å². The van der Waals surface area contributed by atoms with Crippen LogP contribution in [0.15, 0.2) is 0 Å². The Morgan fingerprint density at radius 1 is 1.33 bits per heavy atom. The molecule has 1 atom stereocenters. The summed E-state index contributed by atoms with van der Waals surface area (Å²) in [5, 5.41) is 10.8. The number of methoxy groups -OCH3 is 1. The maximum atomic E-state index is 11.8.